The highest BCUT2D eigenvalue weighted by molar-refractivity contribution is 9.10. The van der Waals surface area contributed by atoms with Crippen molar-refractivity contribution < 1.29 is 28.5 Å². The first-order valence-corrected chi connectivity index (χ1v) is 10.3. The Morgan fingerprint density at radius 1 is 1.10 bits per heavy atom. The number of benzene rings is 2. The van der Waals surface area contributed by atoms with Gasteiger partial charge in [0.15, 0.2) is 11.5 Å². The fourth-order valence-electron chi connectivity index (χ4n) is 3.35. The van der Waals surface area contributed by atoms with Crippen LogP contribution in [0, 0.1) is 0 Å². The summed E-state index contributed by atoms with van der Waals surface area (Å²) in [5.74, 6) is 1.08. The van der Waals surface area contributed by atoms with Gasteiger partial charge in [-0.05, 0) is 70.4 Å². The van der Waals surface area contributed by atoms with Gasteiger partial charge in [-0.15, -0.1) is 0 Å². The van der Waals surface area contributed by atoms with Crippen LogP contribution in [-0.4, -0.2) is 39.9 Å². The number of urea groups is 1. The average Bonchev–Trinajstić information content (AvgIpc) is 2.78. The molecular weight excluding hydrogens is 468 g/mol. The van der Waals surface area contributed by atoms with Crippen molar-refractivity contribution in [1.29, 1.82) is 0 Å². The van der Waals surface area contributed by atoms with Crippen molar-refractivity contribution in [3.63, 3.8) is 0 Å². The van der Waals surface area contributed by atoms with Crippen LogP contribution in [0.15, 0.2) is 46.4 Å². The Morgan fingerprint density at radius 2 is 1.81 bits per heavy atom. The van der Waals surface area contributed by atoms with Crippen LogP contribution in [0.25, 0.3) is 5.70 Å². The van der Waals surface area contributed by atoms with Gasteiger partial charge in [0, 0.05) is 0 Å². The molecule has 2 N–H and O–H groups in total. The number of rotatable bonds is 7. The molecule has 0 spiro atoms. The molecule has 164 valence electrons. The monoisotopic (exact) mass is 490 g/mol. The van der Waals surface area contributed by atoms with Crippen molar-refractivity contribution in [2.75, 3.05) is 27.9 Å². The second-order valence-corrected chi connectivity index (χ2v) is 7.36. The van der Waals surface area contributed by atoms with Crippen molar-refractivity contribution >= 4 is 33.6 Å². The lowest BCUT2D eigenvalue weighted by molar-refractivity contribution is -0.136. The van der Waals surface area contributed by atoms with Crippen LogP contribution >= 0.6 is 15.9 Å². The lowest BCUT2D eigenvalue weighted by Crippen LogP contribution is -2.45. The molecular formula is C22H23BrN2O6. The van der Waals surface area contributed by atoms with E-state index < -0.39 is 18.0 Å². The van der Waals surface area contributed by atoms with Gasteiger partial charge in [0.1, 0.15) is 5.75 Å². The smallest absolute Gasteiger partial charge is 0.338 e. The molecule has 0 saturated carbocycles. The predicted octanol–water partition coefficient (Wildman–Crippen LogP) is 3.80. The molecule has 1 aliphatic heterocycles. The zero-order chi connectivity index (χ0) is 22.5. The molecule has 0 aromatic heterocycles. The Balaban J connectivity index is 2.20. The average molecular weight is 491 g/mol. The molecule has 0 radical (unpaired) electrons. The van der Waals surface area contributed by atoms with Crippen molar-refractivity contribution in [3.8, 4) is 17.2 Å². The lowest BCUT2D eigenvalue weighted by Gasteiger charge is -2.30. The van der Waals surface area contributed by atoms with Crippen LogP contribution in [0.4, 0.5) is 4.79 Å². The summed E-state index contributed by atoms with van der Waals surface area (Å²) >= 11 is 3.48. The Kier molecular flexibility index (Phi) is 7.06. The Labute approximate surface area is 188 Å². The van der Waals surface area contributed by atoms with E-state index in [-0.39, 0.29) is 5.57 Å². The molecule has 2 aromatic rings. The van der Waals surface area contributed by atoms with Gasteiger partial charge in [-0.1, -0.05) is 0 Å². The topological polar surface area (TPSA) is 95.1 Å². The summed E-state index contributed by atoms with van der Waals surface area (Å²) in [5, 5.41) is 5.54. The van der Waals surface area contributed by atoms with E-state index in [0.29, 0.717) is 45.2 Å². The van der Waals surface area contributed by atoms with Gasteiger partial charge in [0.05, 0.1) is 49.7 Å². The first-order valence-electron chi connectivity index (χ1n) is 9.48. The van der Waals surface area contributed by atoms with E-state index in [1.54, 1.807) is 43.5 Å². The van der Waals surface area contributed by atoms with Crippen LogP contribution in [0.1, 0.15) is 24.1 Å². The fraction of sp³-hybridized carbons (Fsp3) is 0.273. The second-order valence-electron chi connectivity index (χ2n) is 6.51. The molecule has 2 amide bonds. The summed E-state index contributed by atoms with van der Waals surface area (Å²) in [6, 6.07) is 9.29. The van der Waals surface area contributed by atoms with Crippen molar-refractivity contribution in [3.05, 3.63) is 57.6 Å². The third kappa shape index (κ3) is 4.61. The predicted molar refractivity (Wildman–Crippen MR) is 118 cm³/mol. The molecule has 1 heterocycles. The number of amides is 2. The number of esters is 1. The van der Waals surface area contributed by atoms with E-state index in [1.807, 2.05) is 6.92 Å². The number of ether oxygens (including phenoxy) is 4. The quantitative estimate of drug-likeness (QED) is 0.573. The minimum absolute atomic E-state index is 0.256. The van der Waals surface area contributed by atoms with Gasteiger partial charge in [0.2, 0.25) is 0 Å². The SMILES string of the molecule is CCOc1cc(C2NC(=O)NC(c3ccc(OC)cc3)=C2C(=O)OC)cc(Br)c1OC. The van der Waals surface area contributed by atoms with Gasteiger partial charge in [-0.3, -0.25) is 0 Å². The second kappa shape index (κ2) is 9.74. The van der Waals surface area contributed by atoms with Crippen molar-refractivity contribution in [2.24, 2.45) is 0 Å². The highest BCUT2D eigenvalue weighted by atomic mass is 79.9. The number of hydrogen-bond donors (Lipinski definition) is 2. The summed E-state index contributed by atoms with van der Waals surface area (Å²) in [7, 11) is 4.40. The Bertz CT molecular complexity index is 1020. The van der Waals surface area contributed by atoms with Crippen LogP contribution in [0.3, 0.4) is 0 Å². The first kappa shape index (κ1) is 22.5. The highest BCUT2D eigenvalue weighted by Gasteiger charge is 2.35. The summed E-state index contributed by atoms with van der Waals surface area (Å²) in [4.78, 5) is 25.3. The maximum absolute atomic E-state index is 12.8. The van der Waals surface area contributed by atoms with Crippen LogP contribution in [0.5, 0.6) is 17.2 Å². The summed E-state index contributed by atoms with van der Waals surface area (Å²) in [6.45, 7) is 2.27. The molecule has 3 rings (SSSR count). The fourth-order valence-corrected chi connectivity index (χ4v) is 3.97. The van der Waals surface area contributed by atoms with E-state index in [2.05, 4.69) is 26.6 Å². The normalized spacial score (nSPS) is 15.6. The molecule has 0 aliphatic carbocycles. The molecule has 0 bridgehead atoms. The van der Waals surface area contributed by atoms with E-state index in [4.69, 9.17) is 18.9 Å². The number of carbonyl (C=O) groups excluding carboxylic acids is 2. The third-order valence-corrected chi connectivity index (χ3v) is 5.31. The zero-order valence-corrected chi connectivity index (χ0v) is 19.2. The number of hydrogen-bond acceptors (Lipinski definition) is 6. The van der Waals surface area contributed by atoms with Crippen LogP contribution in [0.2, 0.25) is 0 Å². The Morgan fingerprint density at radius 3 is 2.39 bits per heavy atom. The van der Waals surface area contributed by atoms with E-state index in [0.717, 1.165) is 0 Å². The molecule has 0 saturated heterocycles. The van der Waals surface area contributed by atoms with Crippen molar-refractivity contribution in [2.45, 2.75) is 13.0 Å². The van der Waals surface area contributed by atoms with Gasteiger partial charge in [-0.25, -0.2) is 9.59 Å². The zero-order valence-electron chi connectivity index (χ0n) is 17.6. The van der Waals surface area contributed by atoms with Crippen molar-refractivity contribution in [1.82, 2.24) is 10.6 Å². The summed E-state index contributed by atoms with van der Waals surface area (Å²) < 4.78 is 22.0. The van der Waals surface area contributed by atoms with Gasteiger partial charge in [0.25, 0.3) is 0 Å². The molecule has 1 aliphatic rings. The lowest BCUT2D eigenvalue weighted by atomic mass is 9.92. The molecule has 0 fully saturated rings. The maximum atomic E-state index is 12.8. The highest BCUT2D eigenvalue weighted by Crippen LogP contribution is 2.41. The maximum Gasteiger partial charge on any atom is 0.338 e. The van der Waals surface area contributed by atoms with Gasteiger partial charge in [-0.2, -0.15) is 0 Å². The molecule has 1 unspecified atom stereocenters. The minimum Gasteiger partial charge on any atom is -0.497 e. The standard InChI is InChI=1S/C22H23BrN2O6/c1-5-31-16-11-13(10-15(23)20(16)29-3)19-17(21(26)30-4)18(24-22(27)25-19)12-6-8-14(28-2)9-7-12/h6-11,19H,5H2,1-4H3,(H2,24,25,27). The van der Waals surface area contributed by atoms with Crippen LogP contribution in [-0.2, 0) is 9.53 Å². The van der Waals surface area contributed by atoms with E-state index in [9.17, 15) is 9.59 Å². The number of carbonyl (C=O) groups is 2. The van der Waals surface area contributed by atoms with E-state index >= 15 is 0 Å². The van der Waals surface area contributed by atoms with E-state index in [1.165, 1.54) is 14.2 Å². The molecule has 8 nitrogen and oxygen atoms in total. The molecule has 2 aromatic carbocycles. The van der Waals surface area contributed by atoms with Gasteiger partial charge >= 0.3 is 12.0 Å². The Hall–Kier alpha value is -3.20. The molecule has 31 heavy (non-hydrogen) atoms. The number of halogens is 1. The minimum atomic E-state index is -0.778. The van der Waals surface area contributed by atoms with Crippen LogP contribution < -0.4 is 24.8 Å². The summed E-state index contributed by atoms with van der Waals surface area (Å²) in [6.07, 6.45) is 0. The number of methoxy groups -OCH3 is 3. The largest absolute Gasteiger partial charge is 0.497 e. The third-order valence-electron chi connectivity index (χ3n) is 4.73. The van der Waals surface area contributed by atoms with Gasteiger partial charge < -0.3 is 29.6 Å². The summed E-state index contributed by atoms with van der Waals surface area (Å²) in [5.41, 5.74) is 1.87. The first-order chi connectivity index (χ1) is 14.9. The molecule has 1 atom stereocenters. The number of nitrogens with one attached hydrogen (secondary N) is 2. The molecule has 9 heteroatoms.